The predicted octanol–water partition coefficient (Wildman–Crippen LogP) is 2.25. The van der Waals surface area contributed by atoms with Crippen molar-refractivity contribution in [2.75, 3.05) is 33.2 Å². The molecule has 136 valence electrons. The Labute approximate surface area is 163 Å². The minimum atomic E-state index is 0. The van der Waals surface area contributed by atoms with Gasteiger partial charge in [-0.1, -0.05) is 24.3 Å². The first kappa shape index (κ1) is 21.2. The van der Waals surface area contributed by atoms with Gasteiger partial charge in [-0.15, -0.1) is 24.0 Å². The van der Waals surface area contributed by atoms with Crippen LogP contribution in [0.4, 0.5) is 0 Å². The van der Waals surface area contributed by atoms with Crippen molar-refractivity contribution in [1.82, 2.24) is 15.1 Å². The van der Waals surface area contributed by atoms with Gasteiger partial charge in [-0.3, -0.25) is 4.90 Å². The minimum Gasteiger partial charge on any atom is -0.370 e. The van der Waals surface area contributed by atoms with E-state index in [9.17, 15) is 0 Å². The standard InChI is InChI=1S/C18H31N5.HI/c1-15(2)21-18(19)20-13-16-5-7-17(8-6-16)14-23-10-4-9-22(3)11-12-23;/h5-8,15H,4,9-14H2,1-3H3,(H3,19,20,21);1H. The number of halogens is 1. The molecule has 1 aromatic rings. The molecule has 5 nitrogen and oxygen atoms in total. The average molecular weight is 445 g/mol. The van der Waals surface area contributed by atoms with Crippen molar-refractivity contribution in [1.29, 1.82) is 0 Å². The highest BCUT2D eigenvalue weighted by molar-refractivity contribution is 14.0. The van der Waals surface area contributed by atoms with Crippen molar-refractivity contribution in [3.05, 3.63) is 35.4 Å². The zero-order chi connectivity index (χ0) is 16.7. The summed E-state index contributed by atoms with van der Waals surface area (Å²) in [6.07, 6.45) is 1.26. The molecule has 0 radical (unpaired) electrons. The Morgan fingerprint density at radius 3 is 2.46 bits per heavy atom. The van der Waals surface area contributed by atoms with Crippen LogP contribution in [0.25, 0.3) is 0 Å². The van der Waals surface area contributed by atoms with Crippen LogP contribution in [-0.4, -0.2) is 55.0 Å². The van der Waals surface area contributed by atoms with E-state index in [1.165, 1.54) is 30.6 Å². The predicted molar refractivity (Wildman–Crippen MR) is 113 cm³/mol. The van der Waals surface area contributed by atoms with E-state index in [2.05, 4.69) is 65.3 Å². The first-order valence-electron chi connectivity index (χ1n) is 8.58. The number of rotatable bonds is 5. The molecule has 2 rings (SSSR count). The fourth-order valence-electron chi connectivity index (χ4n) is 2.78. The Hall–Kier alpha value is -0.860. The molecule has 0 spiro atoms. The van der Waals surface area contributed by atoms with Gasteiger partial charge in [0.15, 0.2) is 5.96 Å². The number of nitrogens with two attached hydrogens (primary N) is 1. The zero-order valence-corrected chi connectivity index (χ0v) is 17.5. The molecule has 6 heteroatoms. The third-order valence-corrected chi connectivity index (χ3v) is 4.11. The molecule has 1 aliphatic heterocycles. The Morgan fingerprint density at radius 2 is 1.79 bits per heavy atom. The van der Waals surface area contributed by atoms with Gasteiger partial charge in [-0.05, 0) is 51.5 Å². The smallest absolute Gasteiger partial charge is 0.189 e. The summed E-state index contributed by atoms with van der Waals surface area (Å²) in [5.74, 6) is 0.512. The second-order valence-electron chi connectivity index (χ2n) is 6.75. The van der Waals surface area contributed by atoms with E-state index in [4.69, 9.17) is 5.73 Å². The number of aliphatic imine (C=N–C) groups is 1. The second-order valence-corrected chi connectivity index (χ2v) is 6.75. The normalized spacial score (nSPS) is 17.4. The summed E-state index contributed by atoms with van der Waals surface area (Å²) >= 11 is 0. The van der Waals surface area contributed by atoms with E-state index < -0.39 is 0 Å². The van der Waals surface area contributed by atoms with E-state index in [-0.39, 0.29) is 24.0 Å². The van der Waals surface area contributed by atoms with E-state index in [1.807, 2.05) is 0 Å². The fourth-order valence-corrected chi connectivity index (χ4v) is 2.78. The highest BCUT2D eigenvalue weighted by atomic mass is 127. The fraction of sp³-hybridized carbons (Fsp3) is 0.611. The third kappa shape index (κ3) is 7.81. The van der Waals surface area contributed by atoms with Gasteiger partial charge in [0, 0.05) is 25.7 Å². The van der Waals surface area contributed by atoms with Crippen LogP contribution in [0.5, 0.6) is 0 Å². The van der Waals surface area contributed by atoms with Gasteiger partial charge in [-0.25, -0.2) is 4.99 Å². The zero-order valence-electron chi connectivity index (χ0n) is 15.2. The minimum absolute atomic E-state index is 0. The van der Waals surface area contributed by atoms with Crippen LogP contribution in [0, 0.1) is 0 Å². The quantitative estimate of drug-likeness (QED) is 0.415. The van der Waals surface area contributed by atoms with Crippen molar-refractivity contribution in [2.45, 2.75) is 39.4 Å². The van der Waals surface area contributed by atoms with Crippen LogP contribution in [0.15, 0.2) is 29.3 Å². The number of benzene rings is 1. The molecule has 1 saturated heterocycles. The van der Waals surface area contributed by atoms with Gasteiger partial charge in [0.2, 0.25) is 0 Å². The molecular weight excluding hydrogens is 413 g/mol. The lowest BCUT2D eigenvalue weighted by Gasteiger charge is -2.20. The number of nitrogens with zero attached hydrogens (tertiary/aromatic N) is 3. The molecule has 0 unspecified atom stereocenters. The summed E-state index contributed by atoms with van der Waals surface area (Å²) in [4.78, 5) is 9.32. The Kier molecular flexibility index (Phi) is 9.61. The van der Waals surface area contributed by atoms with Gasteiger partial charge in [0.1, 0.15) is 0 Å². The lowest BCUT2D eigenvalue weighted by molar-refractivity contribution is 0.269. The number of hydrogen-bond acceptors (Lipinski definition) is 3. The summed E-state index contributed by atoms with van der Waals surface area (Å²) in [6.45, 7) is 10.5. The SMILES string of the molecule is CC(C)NC(N)=NCc1ccc(CN2CCCN(C)CC2)cc1.I. The Morgan fingerprint density at radius 1 is 1.12 bits per heavy atom. The first-order chi connectivity index (χ1) is 11.0. The molecule has 1 aromatic carbocycles. The van der Waals surface area contributed by atoms with Gasteiger partial charge in [0.05, 0.1) is 6.54 Å². The van der Waals surface area contributed by atoms with E-state index in [0.717, 1.165) is 19.6 Å². The average Bonchev–Trinajstić information content (AvgIpc) is 2.71. The van der Waals surface area contributed by atoms with Crippen molar-refractivity contribution in [2.24, 2.45) is 10.7 Å². The monoisotopic (exact) mass is 445 g/mol. The van der Waals surface area contributed by atoms with E-state index in [1.54, 1.807) is 0 Å². The Bertz CT molecular complexity index is 501. The molecule has 0 bridgehead atoms. The molecule has 0 atom stereocenters. The van der Waals surface area contributed by atoms with Gasteiger partial charge in [-0.2, -0.15) is 0 Å². The summed E-state index contributed by atoms with van der Waals surface area (Å²) in [7, 11) is 2.21. The van der Waals surface area contributed by atoms with Crippen LogP contribution >= 0.6 is 24.0 Å². The van der Waals surface area contributed by atoms with Crippen LogP contribution in [-0.2, 0) is 13.1 Å². The first-order valence-corrected chi connectivity index (χ1v) is 8.58. The summed E-state index contributed by atoms with van der Waals surface area (Å²) in [5, 5.41) is 3.11. The highest BCUT2D eigenvalue weighted by Gasteiger charge is 2.12. The largest absolute Gasteiger partial charge is 0.370 e. The maximum absolute atomic E-state index is 5.83. The lowest BCUT2D eigenvalue weighted by atomic mass is 10.1. The number of guanidine groups is 1. The third-order valence-electron chi connectivity index (χ3n) is 4.11. The summed E-state index contributed by atoms with van der Waals surface area (Å²) in [6, 6.07) is 9.06. The van der Waals surface area contributed by atoms with Crippen molar-refractivity contribution < 1.29 is 0 Å². The van der Waals surface area contributed by atoms with Gasteiger partial charge < -0.3 is 16.0 Å². The molecule has 0 aliphatic carbocycles. The molecular formula is C18H32IN5. The molecule has 1 aliphatic rings. The van der Waals surface area contributed by atoms with E-state index >= 15 is 0 Å². The van der Waals surface area contributed by atoms with Crippen LogP contribution in [0.1, 0.15) is 31.4 Å². The van der Waals surface area contributed by atoms with Crippen LogP contribution < -0.4 is 11.1 Å². The maximum atomic E-state index is 5.83. The molecule has 1 fully saturated rings. The summed E-state index contributed by atoms with van der Waals surface area (Å²) < 4.78 is 0. The van der Waals surface area contributed by atoms with Crippen molar-refractivity contribution in [3.8, 4) is 0 Å². The molecule has 0 amide bonds. The Balaban J connectivity index is 0.00000288. The second kappa shape index (κ2) is 10.9. The topological polar surface area (TPSA) is 56.9 Å². The lowest BCUT2D eigenvalue weighted by Crippen LogP contribution is -2.36. The van der Waals surface area contributed by atoms with Gasteiger partial charge >= 0.3 is 0 Å². The van der Waals surface area contributed by atoms with Crippen LogP contribution in [0.3, 0.4) is 0 Å². The molecule has 24 heavy (non-hydrogen) atoms. The number of likely N-dealkylation sites (N-methyl/N-ethyl adjacent to an activating group) is 1. The molecule has 1 heterocycles. The van der Waals surface area contributed by atoms with Gasteiger partial charge in [0.25, 0.3) is 0 Å². The molecule has 0 saturated carbocycles. The summed E-state index contributed by atoms with van der Waals surface area (Å²) in [5.41, 5.74) is 8.39. The molecule has 3 N–H and O–H groups in total. The van der Waals surface area contributed by atoms with E-state index in [0.29, 0.717) is 18.5 Å². The highest BCUT2D eigenvalue weighted by Crippen LogP contribution is 2.10. The van der Waals surface area contributed by atoms with Crippen molar-refractivity contribution >= 4 is 29.9 Å². The number of nitrogens with one attached hydrogen (secondary N) is 1. The maximum Gasteiger partial charge on any atom is 0.189 e. The van der Waals surface area contributed by atoms with Crippen LogP contribution in [0.2, 0.25) is 0 Å². The molecule has 0 aromatic heterocycles. The number of hydrogen-bond donors (Lipinski definition) is 2. The van der Waals surface area contributed by atoms with Crippen molar-refractivity contribution in [3.63, 3.8) is 0 Å².